The molecule has 9 atom stereocenters. The highest BCUT2D eigenvalue weighted by atomic mass is 32.3. The number of aliphatic hydroxyl groups excluding tert-OH is 1. The van der Waals surface area contributed by atoms with Crippen molar-refractivity contribution in [2.45, 2.75) is 90.8 Å². The van der Waals surface area contributed by atoms with E-state index in [1.807, 2.05) is 6.92 Å². The topological polar surface area (TPSA) is 83.8 Å². The maximum absolute atomic E-state index is 11.1. The second kappa shape index (κ2) is 6.68. The van der Waals surface area contributed by atoms with E-state index in [0.29, 0.717) is 24.2 Å². The van der Waals surface area contributed by atoms with Crippen LogP contribution < -0.4 is 0 Å². The number of hydrogen-bond acceptors (Lipinski definition) is 4. The van der Waals surface area contributed by atoms with Crippen molar-refractivity contribution in [3.8, 4) is 0 Å². The first-order chi connectivity index (χ1) is 12.5. The van der Waals surface area contributed by atoms with Gasteiger partial charge in [0.1, 0.15) is 0 Å². The van der Waals surface area contributed by atoms with Crippen LogP contribution in [0.25, 0.3) is 0 Å². The summed E-state index contributed by atoms with van der Waals surface area (Å²) >= 11 is 0. The quantitative estimate of drug-likeness (QED) is 0.693. The Bertz CT molecular complexity index is 676. The second-order valence-electron chi connectivity index (χ2n) is 10.5. The zero-order chi connectivity index (χ0) is 19.6. The minimum Gasteiger partial charge on any atom is -0.393 e. The SMILES string of the molecule is C[C@H](O)[C@H]1CC[C@H]2[C@@H]3CC[C@H]4C[C@@H](OS(=O)(=O)O)CC[C@]4(C)[C@H]3CC[C@]12C. The van der Waals surface area contributed by atoms with E-state index >= 15 is 0 Å². The van der Waals surface area contributed by atoms with Gasteiger partial charge in [-0.15, -0.1) is 0 Å². The minimum absolute atomic E-state index is 0.212. The zero-order valence-corrected chi connectivity index (χ0v) is 17.7. The Kier molecular flexibility index (Phi) is 4.98. The molecule has 0 unspecified atom stereocenters. The van der Waals surface area contributed by atoms with Crippen molar-refractivity contribution in [2.24, 2.45) is 40.4 Å². The molecule has 0 aromatic rings. The summed E-state index contributed by atoms with van der Waals surface area (Å²) in [4.78, 5) is 0. The van der Waals surface area contributed by atoms with Crippen LogP contribution >= 0.6 is 0 Å². The number of fused-ring (bicyclic) bond motifs is 5. The molecule has 5 nitrogen and oxygen atoms in total. The predicted octanol–water partition coefficient (Wildman–Crippen LogP) is 4.21. The summed E-state index contributed by atoms with van der Waals surface area (Å²) in [6.45, 7) is 6.84. The molecule has 0 saturated heterocycles. The molecule has 0 aromatic carbocycles. The van der Waals surface area contributed by atoms with Crippen LogP contribution in [-0.2, 0) is 14.6 Å². The van der Waals surface area contributed by atoms with Gasteiger partial charge in [-0.05, 0) is 105 Å². The van der Waals surface area contributed by atoms with Crippen molar-refractivity contribution in [3.05, 3.63) is 0 Å². The lowest BCUT2D eigenvalue weighted by Crippen LogP contribution is -2.54. The van der Waals surface area contributed by atoms with Crippen molar-refractivity contribution in [1.82, 2.24) is 0 Å². The van der Waals surface area contributed by atoms with Crippen molar-refractivity contribution < 1.29 is 22.3 Å². The summed E-state index contributed by atoms with van der Waals surface area (Å²) in [7, 11) is -4.36. The van der Waals surface area contributed by atoms with Crippen molar-refractivity contribution in [1.29, 1.82) is 0 Å². The standard InChI is InChI=1S/C21H36O5S/c1-13(22)17-6-7-18-16-5-4-14-12-15(26-27(23,24)25)8-10-20(14,2)19(16)9-11-21(17,18)3/h13-19,22H,4-12H2,1-3H3,(H,23,24,25)/t13-,14-,15-,16-,17+,18-,19-,20-,21+/m0/s1. The summed E-state index contributed by atoms with van der Waals surface area (Å²) in [6, 6.07) is 0. The third kappa shape index (κ3) is 3.28. The van der Waals surface area contributed by atoms with Crippen molar-refractivity contribution in [2.75, 3.05) is 0 Å². The Morgan fingerprint density at radius 2 is 1.63 bits per heavy atom. The molecule has 156 valence electrons. The largest absolute Gasteiger partial charge is 0.397 e. The maximum Gasteiger partial charge on any atom is 0.397 e. The first-order valence-electron chi connectivity index (χ1n) is 10.9. The van der Waals surface area contributed by atoms with Crippen LogP contribution in [0.5, 0.6) is 0 Å². The molecule has 4 aliphatic carbocycles. The fourth-order valence-corrected chi connectivity index (χ4v) is 8.83. The monoisotopic (exact) mass is 400 g/mol. The van der Waals surface area contributed by atoms with Gasteiger partial charge in [0.05, 0.1) is 12.2 Å². The predicted molar refractivity (Wildman–Crippen MR) is 103 cm³/mol. The Labute approximate surface area is 164 Å². The number of hydrogen-bond donors (Lipinski definition) is 2. The number of aliphatic hydroxyl groups is 1. The first kappa shape index (κ1) is 20.1. The van der Waals surface area contributed by atoms with Crippen LogP contribution in [0.4, 0.5) is 0 Å². The van der Waals surface area contributed by atoms with E-state index < -0.39 is 10.4 Å². The van der Waals surface area contributed by atoms with Gasteiger partial charge in [-0.1, -0.05) is 13.8 Å². The van der Waals surface area contributed by atoms with Crippen LogP contribution in [0.2, 0.25) is 0 Å². The fraction of sp³-hybridized carbons (Fsp3) is 1.00. The molecule has 27 heavy (non-hydrogen) atoms. The number of rotatable bonds is 3. The van der Waals surface area contributed by atoms with Gasteiger partial charge in [0, 0.05) is 0 Å². The van der Waals surface area contributed by atoms with E-state index in [9.17, 15) is 13.5 Å². The molecule has 4 rings (SSSR count). The van der Waals surface area contributed by atoms with Gasteiger partial charge in [-0.3, -0.25) is 4.55 Å². The highest BCUT2D eigenvalue weighted by Crippen LogP contribution is 2.67. The fourth-order valence-electron chi connectivity index (χ4n) is 8.31. The smallest absolute Gasteiger partial charge is 0.393 e. The van der Waals surface area contributed by atoms with Crippen LogP contribution in [0.1, 0.15) is 78.6 Å². The summed E-state index contributed by atoms with van der Waals surface area (Å²) in [5.74, 6) is 3.09. The van der Waals surface area contributed by atoms with E-state index in [1.54, 1.807) is 0 Å². The van der Waals surface area contributed by atoms with E-state index in [-0.39, 0.29) is 23.0 Å². The van der Waals surface area contributed by atoms with Crippen LogP contribution in [-0.4, -0.2) is 30.3 Å². The van der Waals surface area contributed by atoms with Gasteiger partial charge in [-0.2, -0.15) is 8.42 Å². The van der Waals surface area contributed by atoms with Crippen LogP contribution in [0, 0.1) is 40.4 Å². The summed E-state index contributed by atoms with van der Waals surface area (Å²) < 4.78 is 36.2. The summed E-state index contributed by atoms with van der Waals surface area (Å²) in [5, 5.41) is 10.3. The highest BCUT2D eigenvalue weighted by Gasteiger charge is 2.60. The Balaban J connectivity index is 1.52. The normalized spacial score (nSPS) is 51.1. The Morgan fingerprint density at radius 1 is 0.963 bits per heavy atom. The Hall–Kier alpha value is -0.170. The first-order valence-corrected chi connectivity index (χ1v) is 12.2. The van der Waals surface area contributed by atoms with Crippen LogP contribution in [0.15, 0.2) is 0 Å². The van der Waals surface area contributed by atoms with E-state index in [1.165, 1.54) is 25.7 Å². The molecule has 4 fully saturated rings. The second-order valence-corrected chi connectivity index (χ2v) is 11.6. The summed E-state index contributed by atoms with van der Waals surface area (Å²) in [5.41, 5.74) is 0.538. The average molecular weight is 401 g/mol. The zero-order valence-electron chi connectivity index (χ0n) is 16.9. The third-order valence-corrected chi connectivity index (χ3v) is 10.0. The average Bonchev–Trinajstić information content (AvgIpc) is 2.91. The molecular weight excluding hydrogens is 364 g/mol. The molecule has 6 heteroatoms. The van der Waals surface area contributed by atoms with Gasteiger partial charge in [0.15, 0.2) is 0 Å². The van der Waals surface area contributed by atoms with E-state index in [0.717, 1.165) is 37.5 Å². The molecule has 0 aliphatic heterocycles. The molecule has 0 heterocycles. The molecule has 0 spiro atoms. The lowest BCUT2D eigenvalue weighted by molar-refractivity contribution is -0.130. The Morgan fingerprint density at radius 3 is 2.30 bits per heavy atom. The van der Waals surface area contributed by atoms with Crippen molar-refractivity contribution in [3.63, 3.8) is 0 Å². The van der Waals surface area contributed by atoms with Gasteiger partial charge >= 0.3 is 10.4 Å². The lowest BCUT2D eigenvalue weighted by atomic mass is 9.44. The van der Waals surface area contributed by atoms with Gasteiger partial charge in [-0.25, -0.2) is 4.18 Å². The molecular formula is C21H36O5S. The molecule has 0 bridgehead atoms. The molecule has 2 N–H and O–H groups in total. The molecule has 0 aromatic heterocycles. The lowest BCUT2D eigenvalue weighted by Gasteiger charge is -2.61. The van der Waals surface area contributed by atoms with Gasteiger partial charge < -0.3 is 5.11 Å². The maximum atomic E-state index is 11.1. The molecule has 4 saturated carbocycles. The van der Waals surface area contributed by atoms with E-state index in [2.05, 4.69) is 13.8 Å². The van der Waals surface area contributed by atoms with Crippen molar-refractivity contribution >= 4 is 10.4 Å². The van der Waals surface area contributed by atoms with Crippen LogP contribution in [0.3, 0.4) is 0 Å². The van der Waals surface area contributed by atoms with Gasteiger partial charge in [0.25, 0.3) is 0 Å². The molecule has 0 radical (unpaired) electrons. The molecule has 4 aliphatic rings. The van der Waals surface area contributed by atoms with Gasteiger partial charge in [0.2, 0.25) is 0 Å². The molecule has 0 amide bonds. The van der Waals surface area contributed by atoms with E-state index in [4.69, 9.17) is 8.74 Å². The highest BCUT2D eigenvalue weighted by molar-refractivity contribution is 7.80. The summed E-state index contributed by atoms with van der Waals surface area (Å²) in [6.07, 6.45) is 9.08. The minimum atomic E-state index is -4.36. The third-order valence-electron chi connectivity index (χ3n) is 9.53.